The number of amides is 1. The third kappa shape index (κ3) is 4.37. The van der Waals surface area contributed by atoms with E-state index in [1.807, 2.05) is 24.3 Å². The Morgan fingerprint density at radius 2 is 1.78 bits per heavy atom. The molecule has 37 heavy (non-hydrogen) atoms. The number of carbonyl (C=O) groups is 1. The molecule has 190 valence electrons. The molecule has 0 saturated carbocycles. The molecule has 1 aromatic heterocycles. The van der Waals surface area contributed by atoms with E-state index in [-0.39, 0.29) is 48.8 Å². The Hall–Kier alpha value is -3.73. The average Bonchev–Trinajstić information content (AvgIpc) is 3.35. The minimum atomic E-state index is -0.168. The van der Waals surface area contributed by atoms with Crippen LogP contribution in [0.2, 0.25) is 0 Å². The number of anilines is 1. The Labute approximate surface area is 230 Å². The number of hydrogen-bond acceptors (Lipinski definition) is 6. The van der Waals surface area contributed by atoms with Crippen LogP contribution in [0.1, 0.15) is 11.1 Å². The van der Waals surface area contributed by atoms with Gasteiger partial charge in [0.25, 0.3) is 0 Å². The van der Waals surface area contributed by atoms with Gasteiger partial charge in [0.2, 0.25) is 18.4 Å². The zero-order valence-corrected chi connectivity index (χ0v) is 22.5. The molecule has 0 fully saturated rings. The molecule has 3 aromatic carbocycles. The van der Waals surface area contributed by atoms with Gasteiger partial charge < -0.3 is 53.3 Å². The zero-order valence-electron chi connectivity index (χ0n) is 20.3. The van der Waals surface area contributed by atoms with Crippen molar-refractivity contribution in [1.82, 2.24) is 0 Å². The van der Waals surface area contributed by atoms with Crippen molar-refractivity contribution in [2.24, 2.45) is 0 Å². The largest absolute Gasteiger partial charge is 1.00 e. The highest BCUT2D eigenvalue weighted by Gasteiger charge is 2.33. The Kier molecular flexibility index (Phi) is 6.72. The number of halogens is 1. The smallest absolute Gasteiger partial charge is 0.231 e. The molecule has 0 saturated heterocycles. The lowest BCUT2D eigenvalue weighted by atomic mass is 9.89. The van der Waals surface area contributed by atoms with Crippen LogP contribution in [0.15, 0.2) is 54.7 Å². The predicted molar refractivity (Wildman–Crippen MR) is 133 cm³/mol. The lowest BCUT2D eigenvalue weighted by molar-refractivity contribution is -0.686. The minimum absolute atomic E-state index is 0. The van der Waals surface area contributed by atoms with Gasteiger partial charge in [-0.15, -0.1) is 0 Å². The van der Waals surface area contributed by atoms with E-state index in [9.17, 15) is 9.90 Å². The van der Waals surface area contributed by atoms with Crippen molar-refractivity contribution in [2.75, 3.05) is 26.3 Å². The lowest BCUT2D eigenvalue weighted by Crippen LogP contribution is -3.00. The summed E-state index contributed by atoms with van der Waals surface area (Å²) in [5.41, 5.74) is 4.64. The van der Waals surface area contributed by atoms with Gasteiger partial charge in [-0.3, -0.25) is 4.79 Å². The molecule has 0 unspecified atom stereocenters. The maximum absolute atomic E-state index is 13.3. The molecular formula is C28H25IN2O6. The van der Waals surface area contributed by atoms with Crippen LogP contribution in [-0.4, -0.2) is 32.0 Å². The van der Waals surface area contributed by atoms with Crippen molar-refractivity contribution in [2.45, 2.75) is 19.4 Å². The maximum atomic E-state index is 13.3. The van der Waals surface area contributed by atoms with Crippen molar-refractivity contribution < 1.29 is 57.4 Å². The van der Waals surface area contributed by atoms with E-state index in [2.05, 4.69) is 16.1 Å². The molecule has 4 aromatic rings. The molecular weight excluding hydrogens is 587 g/mol. The van der Waals surface area contributed by atoms with Gasteiger partial charge in [-0.1, -0.05) is 0 Å². The lowest BCUT2D eigenvalue weighted by Gasteiger charge is -2.21. The van der Waals surface area contributed by atoms with E-state index in [0.29, 0.717) is 22.9 Å². The first-order valence-corrected chi connectivity index (χ1v) is 11.7. The van der Waals surface area contributed by atoms with Crippen LogP contribution in [-0.2, 0) is 24.2 Å². The Morgan fingerprint density at radius 1 is 1.03 bits per heavy atom. The maximum Gasteiger partial charge on any atom is 0.231 e. The van der Waals surface area contributed by atoms with Crippen molar-refractivity contribution in [1.29, 1.82) is 0 Å². The number of ether oxygens (including phenoxy) is 4. The number of rotatable bonds is 5. The highest BCUT2D eigenvalue weighted by Crippen LogP contribution is 2.43. The molecule has 2 aliphatic rings. The monoisotopic (exact) mass is 612 g/mol. The fraction of sp³-hybridized carbons (Fsp3) is 0.214. The SMILES string of the molecule is COc1ccc2c(CC(=O)Nc3ccc(O)cc3)c3[n+](cc2c1OC)CCc1cc2c(cc1-3)OCO2.[I-]. The van der Waals surface area contributed by atoms with Crippen molar-refractivity contribution in [3.05, 3.63) is 65.9 Å². The van der Waals surface area contributed by atoms with Gasteiger partial charge in [0.05, 0.1) is 31.6 Å². The van der Waals surface area contributed by atoms with Crippen LogP contribution in [0.5, 0.6) is 28.7 Å². The first-order chi connectivity index (χ1) is 17.6. The first-order valence-electron chi connectivity index (χ1n) is 11.7. The summed E-state index contributed by atoms with van der Waals surface area (Å²) in [7, 11) is 3.23. The van der Waals surface area contributed by atoms with Gasteiger partial charge in [0.15, 0.2) is 35.7 Å². The number of pyridine rings is 1. The summed E-state index contributed by atoms with van der Waals surface area (Å²) >= 11 is 0. The average molecular weight is 612 g/mol. The van der Waals surface area contributed by atoms with Gasteiger partial charge >= 0.3 is 0 Å². The molecule has 0 aliphatic carbocycles. The molecule has 1 amide bonds. The molecule has 2 aliphatic heterocycles. The number of aromatic nitrogens is 1. The van der Waals surface area contributed by atoms with Gasteiger partial charge in [-0.2, -0.15) is 4.57 Å². The molecule has 2 N–H and O–H groups in total. The summed E-state index contributed by atoms with van der Waals surface area (Å²) in [6.45, 7) is 0.944. The third-order valence-corrected chi connectivity index (χ3v) is 6.73. The fourth-order valence-electron chi connectivity index (χ4n) is 5.10. The Bertz CT molecular complexity index is 1520. The predicted octanol–water partition coefficient (Wildman–Crippen LogP) is 0.987. The number of aromatic hydroxyl groups is 1. The zero-order chi connectivity index (χ0) is 24.8. The number of methoxy groups -OCH3 is 2. The normalized spacial score (nSPS) is 12.8. The molecule has 6 rings (SSSR count). The third-order valence-electron chi connectivity index (χ3n) is 6.73. The summed E-state index contributed by atoms with van der Waals surface area (Å²) in [4.78, 5) is 13.3. The quantitative estimate of drug-likeness (QED) is 0.199. The van der Waals surface area contributed by atoms with Crippen LogP contribution in [0, 0.1) is 0 Å². The summed E-state index contributed by atoms with van der Waals surface area (Å²) < 4.78 is 24.7. The van der Waals surface area contributed by atoms with Crippen LogP contribution < -0.4 is 52.8 Å². The van der Waals surface area contributed by atoms with E-state index in [1.54, 1.807) is 38.5 Å². The highest BCUT2D eigenvalue weighted by molar-refractivity contribution is 6.00. The topological polar surface area (TPSA) is 90.1 Å². The number of benzene rings is 3. The summed E-state index contributed by atoms with van der Waals surface area (Å²) in [5, 5.41) is 14.3. The number of fused-ring (bicyclic) bond motifs is 5. The van der Waals surface area contributed by atoms with Crippen LogP contribution >= 0.6 is 0 Å². The molecule has 9 heteroatoms. The van der Waals surface area contributed by atoms with E-state index < -0.39 is 0 Å². The van der Waals surface area contributed by atoms with E-state index in [0.717, 1.165) is 51.9 Å². The summed E-state index contributed by atoms with van der Waals surface area (Å²) in [6, 6.07) is 14.3. The van der Waals surface area contributed by atoms with E-state index in [1.165, 1.54) is 0 Å². The fourth-order valence-corrected chi connectivity index (χ4v) is 5.10. The van der Waals surface area contributed by atoms with Gasteiger partial charge in [0.1, 0.15) is 5.75 Å². The van der Waals surface area contributed by atoms with Crippen LogP contribution in [0.25, 0.3) is 22.0 Å². The number of nitrogens with zero attached hydrogens (tertiary/aromatic N) is 1. The van der Waals surface area contributed by atoms with Crippen molar-refractivity contribution >= 4 is 22.4 Å². The van der Waals surface area contributed by atoms with Crippen molar-refractivity contribution in [3.63, 3.8) is 0 Å². The van der Waals surface area contributed by atoms with Gasteiger partial charge in [-0.25, -0.2) is 0 Å². The van der Waals surface area contributed by atoms with Gasteiger partial charge in [0, 0.05) is 23.1 Å². The second kappa shape index (κ2) is 9.97. The first kappa shape index (κ1) is 24.9. The highest BCUT2D eigenvalue weighted by atomic mass is 127. The number of carbonyl (C=O) groups excluding carboxylic acids is 1. The standard InChI is InChI=1S/C28H24N2O6.HI/c1-33-23-8-7-19-21(13-26(32)29-17-3-5-18(31)6-4-17)27-20-12-25-24(35-15-36-25)11-16(20)9-10-30(27)14-22(19)28(23)34-2;/h3-8,11-12,14H,9-10,13,15H2,1-2H3,(H-,29,31,32);1H. The van der Waals surface area contributed by atoms with E-state index in [4.69, 9.17) is 18.9 Å². The van der Waals surface area contributed by atoms with Crippen molar-refractivity contribution in [3.8, 4) is 40.0 Å². The van der Waals surface area contributed by atoms with Gasteiger partial charge in [-0.05, 0) is 54.1 Å². The molecule has 3 heterocycles. The number of phenolic OH excluding ortho intramolecular Hbond substituents is 1. The van der Waals surface area contributed by atoms with E-state index >= 15 is 0 Å². The number of hydrogen-bond donors (Lipinski definition) is 2. The number of nitrogens with one attached hydrogen (secondary N) is 1. The van der Waals surface area contributed by atoms with Crippen LogP contribution in [0.3, 0.4) is 0 Å². The molecule has 8 nitrogen and oxygen atoms in total. The summed E-state index contributed by atoms with van der Waals surface area (Å²) in [6.07, 6.45) is 3.03. The Balaban J connectivity index is 0.00000280. The number of aryl methyl sites for hydroxylation is 2. The molecule has 0 bridgehead atoms. The Morgan fingerprint density at radius 3 is 2.51 bits per heavy atom. The molecule has 0 radical (unpaired) electrons. The molecule has 0 spiro atoms. The van der Waals surface area contributed by atoms with Crippen LogP contribution in [0.4, 0.5) is 5.69 Å². The second-order valence-electron chi connectivity index (χ2n) is 8.80. The minimum Gasteiger partial charge on any atom is -1.00 e. The number of phenols is 1. The molecule has 0 atom stereocenters. The second-order valence-corrected chi connectivity index (χ2v) is 8.80. The summed E-state index contributed by atoms with van der Waals surface area (Å²) in [5.74, 6) is 2.68.